The highest BCUT2D eigenvalue weighted by atomic mass is 32.1. The monoisotopic (exact) mass is 452 g/mol. The van der Waals surface area contributed by atoms with E-state index in [1.165, 1.54) is 22.6 Å². The number of aromatic nitrogens is 3. The van der Waals surface area contributed by atoms with Gasteiger partial charge in [0.1, 0.15) is 21.7 Å². The van der Waals surface area contributed by atoms with E-state index in [1.54, 1.807) is 6.33 Å². The molecule has 0 aliphatic carbocycles. The number of rotatable bonds is 4. The molecular weight excluding hydrogens is 424 g/mol. The number of aliphatic hydroxyl groups is 1. The molecule has 3 N–H and O–H groups in total. The Bertz CT molecular complexity index is 1110. The number of nitrogens with zero attached hydrogens (tertiary/aromatic N) is 4. The number of nitrogens with one attached hydrogen (secondary N) is 2. The molecule has 1 aromatic carbocycles. The summed E-state index contributed by atoms with van der Waals surface area (Å²) in [6.07, 6.45) is 4.83. The second-order valence-corrected chi connectivity index (χ2v) is 10.0. The summed E-state index contributed by atoms with van der Waals surface area (Å²) in [5.74, 6) is 0.832. The summed E-state index contributed by atoms with van der Waals surface area (Å²) in [5.41, 5.74) is 3.53. The number of thiazole rings is 1. The molecule has 3 aliphatic heterocycles. The zero-order chi connectivity index (χ0) is 21.5. The van der Waals surface area contributed by atoms with Crippen molar-refractivity contribution in [1.82, 2.24) is 25.6 Å². The molecule has 1 spiro atoms. The SMILES string of the molecule is OC(NC1CCOCC1)c1nc2c(N3CC4(CCNCC4)c4ccccc43)ncnc2s1. The predicted molar refractivity (Wildman–Crippen MR) is 124 cm³/mol. The van der Waals surface area contributed by atoms with Gasteiger partial charge in [0.25, 0.3) is 0 Å². The molecule has 5 heterocycles. The third-order valence-electron chi connectivity index (χ3n) is 7.08. The zero-order valence-electron chi connectivity index (χ0n) is 18.0. The smallest absolute Gasteiger partial charge is 0.164 e. The molecule has 8 nitrogen and oxygen atoms in total. The molecule has 1 unspecified atom stereocenters. The van der Waals surface area contributed by atoms with Gasteiger partial charge >= 0.3 is 0 Å². The van der Waals surface area contributed by atoms with Crippen LogP contribution in [0.15, 0.2) is 30.6 Å². The number of hydrogen-bond acceptors (Lipinski definition) is 9. The van der Waals surface area contributed by atoms with Gasteiger partial charge in [-0.05, 0) is 50.4 Å². The van der Waals surface area contributed by atoms with Crippen LogP contribution in [-0.4, -0.2) is 58.9 Å². The maximum absolute atomic E-state index is 10.8. The van der Waals surface area contributed by atoms with E-state index in [0.29, 0.717) is 5.01 Å². The van der Waals surface area contributed by atoms with Crippen molar-refractivity contribution >= 4 is 33.2 Å². The van der Waals surface area contributed by atoms with Crippen LogP contribution in [0.1, 0.15) is 42.5 Å². The van der Waals surface area contributed by atoms with Gasteiger partial charge in [-0.25, -0.2) is 15.0 Å². The van der Waals surface area contributed by atoms with Gasteiger partial charge in [0.2, 0.25) is 0 Å². The van der Waals surface area contributed by atoms with Crippen LogP contribution in [0.25, 0.3) is 10.3 Å². The van der Waals surface area contributed by atoms with Gasteiger partial charge in [-0.2, -0.15) is 0 Å². The van der Waals surface area contributed by atoms with Crippen molar-refractivity contribution in [2.45, 2.75) is 43.4 Å². The van der Waals surface area contributed by atoms with Crippen molar-refractivity contribution in [2.24, 2.45) is 0 Å². The lowest BCUT2D eigenvalue weighted by atomic mass is 9.75. The predicted octanol–water partition coefficient (Wildman–Crippen LogP) is 2.62. The quantitative estimate of drug-likeness (QED) is 0.520. The molecule has 3 aromatic rings. The maximum Gasteiger partial charge on any atom is 0.164 e. The normalized spacial score (nSPS) is 21.8. The van der Waals surface area contributed by atoms with E-state index in [-0.39, 0.29) is 11.5 Å². The Hall–Kier alpha value is -2.17. The number of ether oxygens (including phenoxy) is 1. The molecular formula is C23H28N6O2S. The summed E-state index contributed by atoms with van der Waals surface area (Å²) < 4.78 is 5.42. The number of fused-ring (bicyclic) bond motifs is 3. The summed E-state index contributed by atoms with van der Waals surface area (Å²) >= 11 is 1.43. The summed E-state index contributed by atoms with van der Waals surface area (Å²) in [6, 6.07) is 8.93. The van der Waals surface area contributed by atoms with E-state index in [4.69, 9.17) is 9.72 Å². The lowest BCUT2D eigenvalue weighted by Gasteiger charge is -2.34. The Kier molecular flexibility index (Phi) is 5.31. The second kappa shape index (κ2) is 8.31. The first-order valence-corrected chi connectivity index (χ1v) is 12.3. The highest BCUT2D eigenvalue weighted by molar-refractivity contribution is 7.18. The fourth-order valence-electron chi connectivity index (χ4n) is 5.38. The standard InChI is InChI=1S/C23H28N6O2S/c30-20(27-15-5-11-31-12-6-15)22-28-18-19(25-14-26-21(18)32-22)29-13-23(7-9-24-10-8-23)16-3-1-2-4-17(16)29/h1-4,14-15,20,24,27,30H,5-13H2. The van der Waals surface area contributed by atoms with Gasteiger partial charge in [0.05, 0.1) is 0 Å². The van der Waals surface area contributed by atoms with Crippen molar-refractivity contribution in [3.05, 3.63) is 41.2 Å². The fraction of sp³-hybridized carbons (Fsp3) is 0.522. The van der Waals surface area contributed by atoms with Crippen LogP contribution in [0.3, 0.4) is 0 Å². The fourth-order valence-corrected chi connectivity index (χ4v) is 6.23. The Balaban J connectivity index is 1.34. The zero-order valence-corrected chi connectivity index (χ0v) is 18.8. The van der Waals surface area contributed by atoms with Gasteiger partial charge in [-0.15, -0.1) is 0 Å². The Morgan fingerprint density at radius 2 is 2.00 bits per heavy atom. The molecule has 3 aliphatic rings. The number of piperidine rings is 1. The van der Waals surface area contributed by atoms with Crippen molar-refractivity contribution in [3.63, 3.8) is 0 Å². The minimum absolute atomic E-state index is 0.141. The largest absolute Gasteiger partial charge is 0.381 e. The summed E-state index contributed by atoms with van der Waals surface area (Å²) in [4.78, 5) is 17.1. The first-order valence-electron chi connectivity index (χ1n) is 11.4. The molecule has 0 bridgehead atoms. The van der Waals surface area contributed by atoms with Gasteiger partial charge < -0.3 is 20.1 Å². The first kappa shape index (κ1) is 20.4. The van der Waals surface area contributed by atoms with Gasteiger partial charge in [-0.3, -0.25) is 5.32 Å². The molecule has 6 rings (SSSR count). The van der Waals surface area contributed by atoms with Crippen LogP contribution in [-0.2, 0) is 10.2 Å². The highest BCUT2D eigenvalue weighted by Gasteiger charge is 2.44. The summed E-state index contributed by atoms with van der Waals surface area (Å²) in [7, 11) is 0. The molecule has 0 radical (unpaired) electrons. The summed E-state index contributed by atoms with van der Waals surface area (Å²) in [5, 5.41) is 18.3. The second-order valence-electron chi connectivity index (χ2n) is 8.99. The van der Waals surface area contributed by atoms with Crippen molar-refractivity contribution < 1.29 is 9.84 Å². The Labute approximate surface area is 191 Å². The third-order valence-corrected chi connectivity index (χ3v) is 8.10. The number of para-hydroxylation sites is 1. The van der Waals surface area contributed by atoms with Gasteiger partial charge in [-0.1, -0.05) is 29.5 Å². The van der Waals surface area contributed by atoms with Crippen molar-refractivity contribution in [1.29, 1.82) is 0 Å². The molecule has 0 amide bonds. The Morgan fingerprint density at radius 1 is 1.19 bits per heavy atom. The minimum Gasteiger partial charge on any atom is -0.381 e. The minimum atomic E-state index is -0.813. The van der Waals surface area contributed by atoms with Crippen LogP contribution in [0, 0.1) is 0 Å². The molecule has 168 valence electrons. The maximum atomic E-state index is 10.8. The molecule has 9 heteroatoms. The van der Waals surface area contributed by atoms with Crippen LogP contribution < -0.4 is 15.5 Å². The topological polar surface area (TPSA) is 95.4 Å². The van der Waals surface area contributed by atoms with Crippen LogP contribution in [0.4, 0.5) is 11.5 Å². The number of aliphatic hydroxyl groups excluding tert-OH is 1. The third kappa shape index (κ3) is 3.48. The molecule has 0 saturated carbocycles. The van der Waals surface area contributed by atoms with Crippen LogP contribution >= 0.6 is 11.3 Å². The first-order chi connectivity index (χ1) is 15.7. The molecule has 1 atom stereocenters. The van der Waals surface area contributed by atoms with E-state index in [0.717, 1.165) is 74.7 Å². The summed E-state index contributed by atoms with van der Waals surface area (Å²) in [6.45, 7) is 4.42. The van der Waals surface area contributed by atoms with Crippen LogP contribution in [0.5, 0.6) is 0 Å². The average molecular weight is 453 g/mol. The highest BCUT2D eigenvalue weighted by Crippen LogP contribution is 2.49. The van der Waals surface area contributed by atoms with Gasteiger partial charge in [0, 0.05) is 36.9 Å². The number of anilines is 2. The molecule has 2 aromatic heterocycles. The number of benzene rings is 1. The van der Waals surface area contributed by atoms with Crippen molar-refractivity contribution in [3.8, 4) is 0 Å². The molecule has 32 heavy (non-hydrogen) atoms. The van der Waals surface area contributed by atoms with Gasteiger partial charge in [0.15, 0.2) is 12.0 Å². The average Bonchev–Trinajstić information content (AvgIpc) is 3.41. The number of hydrogen-bond donors (Lipinski definition) is 3. The molecule has 2 saturated heterocycles. The van der Waals surface area contributed by atoms with E-state index < -0.39 is 6.23 Å². The lowest BCUT2D eigenvalue weighted by molar-refractivity contribution is 0.0491. The molecule has 2 fully saturated rings. The van der Waals surface area contributed by atoms with E-state index in [1.807, 2.05) is 0 Å². The van der Waals surface area contributed by atoms with Crippen LogP contribution in [0.2, 0.25) is 0 Å². The van der Waals surface area contributed by atoms with Crippen molar-refractivity contribution in [2.75, 3.05) is 37.7 Å². The van der Waals surface area contributed by atoms with E-state index >= 15 is 0 Å². The van der Waals surface area contributed by atoms with E-state index in [9.17, 15) is 5.11 Å². The lowest BCUT2D eigenvalue weighted by Crippen LogP contribution is -2.42. The van der Waals surface area contributed by atoms with E-state index in [2.05, 4.69) is 49.8 Å². The Morgan fingerprint density at radius 3 is 2.84 bits per heavy atom.